The summed E-state index contributed by atoms with van der Waals surface area (Å²) in [4.78, 5) is 10.8. The topological polar surface area (TPSA) is 76.2 Å². The van der Waals surface area contributed by atoms with Crippen LogP contribution in [-0.4, -0.2) is 55.5 Å². The molecule has 0 amide bonds. The minimum absolute atomic E-state index is 0. The lowest BCUT2D eigenvalue weighted by Crippen LogP contribution is -2.39. The number of likely N-dealkylation sites (tertiary alicyclic amines) is 1. The molecule has 0 saturated carbocycles. The standard InChI is InChI=1S/C19H24N8.HI/c1-20-19(26-8-7-16(12-26)17-10-23-25(2)11-17)22-9-15-3-5-18(6-4-15)27-14-21-13-24-27;/h3-6,10-11,13-14,16H,7-9,12H2,1-2H3,(H,20,22);1H. The van der Waals surface area contributed by atoms with E-state index in [1.54, 1.807) is 11.0 Å². The lowest BCUT2D eigenvalue weighted by atomic mass is 10.0. The molecule has 1 N–H and O–H groups in total. The smallest absolute Gasteiger partial charge is 0.193 e. The largest absolute Gasteiger partial charge is 0.352 e. The molecule has 3 aromatic rings. The van der Waals surface area contributed by atoms with Crippen molar-refractivity contribution in [3.05, 3.63) is 60.4 Å². The van der Waals surface area contributed by atoms with Crippen molar-refractivity contribution in [1.29, 1.82) is 0 Å². The fourth-order valence-electron chi connectivity index (χ4n) is 3.50. The van der Waals surface area contributed by atoms with Crippen molar-refractivity contribution < 1.29 is 0 Å². The van der Waals surface area contributed by atoms with Crippen LogP contribution in [0.1, 0.15) is 23.5 Å². The van der Waals surface area contributed by atoms with Gasteiger partial charge in [-0.15, -0.1) is 24.0 Å². The molecule has 1 aliphatic heterocycles. The molecule has 0 radical (unpaired) electrons. The number of rotatable bonds is 4. The number of aromatic nitrogens is 5. The minimum atomic E-state index is 0. The summed E-state index contributed by atoms with van der Waals surface area (Å²) >= 11 is 0. The number of aliphatic imine (C=N–C) groups is 1. The Morgan fingerprint density at radius 3 is 2.71 bits per heavy atom. The van der Waals surface area contributed by atoms with Crippen molar-refractivity contribution in [3.63, 3.8) is 0 Å². The first kappa shape index (κ1) is 20.3. The van der Waals surface area contributed by atoms with Crippen molar-refractivity contribution in [2.24, 2.45) is 12.0 Å². The number of hydrogen-bond acceptors (Lipinski definition) is 4. The lowest BCUT2D eigenvalue weighted by molar-refractivity contribution is 0.486. The van der Waals surface area contributed by atoms with Gasteiger partial charge in [-0.25, -0.2) is 9.67 Å². The van der Waals surface area contributed by atoms with Gasteiger partial charge in [0.25, 0.3) is 0 Å². The highest BCUT2D eigenvalue weighted by Crippen LogP contribution is 2.26. The fraction of sp³-hybridized carbons (Fsp3) is 0.368. The molecule has 0 spiro atoms. The molecule has 148 valence electrons. The average molecular weight is 492 g/mol. The first-order valence-electron chi connectivity index (χ1n) is 9.11. The highest BCUT2D eigenvalue weighted by molar-refractivity contribution is 14.0. The zero-order valence-corrected chi connectivity index (χ0v) is 18.4. The third kappa shape index (κ3) is 4.51. The number of guanidine groups is 1. The molecule has 2 aromatic heterocycles. The molecular formula is C19H25IN8. The van der Waals surface area contributed by atoms with E-state index in [0.717, 1.165) is 37.7 Å². The highest BCUT2D eigenvalue weighted by Gasteiger charge is 2.26. The zero-order chi connectivity index (χ0) is 18.6. The summed E-state index contributed by atoms with van der Waals surface area (Å²) in [6, 6.07) is 8.28. The van der Waals surface area contributed by atoms with Gasteiger partial charge in [-0.2, -0.15) is 10.2 Å². The van der Waals surface area contributed by atoms with Crippen LogP contribution >= 0.6 is 24.0 Å². The molecule has 1 saturated heterocycles. The van der Waals surface area contributed by atoms with E-state index >= 15 is 0 Å². The maximum Gasteiger partial charge on any atom is 0.193 e. The molecule has 1 fully saturated rings. The van der Waals surface area contributed by atoms with Gasteiger partial charge >= 0.3 is 0 Å². The predicted molar refractivity (Wildman–Crippen MR) is 119 cm³/mol. The van der Waals surface area contributed by atoms with Gasteiger partial charge < -0.3 is 10.2 Å². The van der Waals surface area contributed by atoms with E-state index in [2.05, 4.69) is 48.7 Å². The quantitative estimate of drug-likeness (QED) is 0.344. The van der Waals surface area contributed by atoms with E-state index in [0.29, 0.717) is 5.92 Å². The van der Waals surface area contributed by atoms with Crippen LogP contribution in [0.15, 0.2) is 54.3 Å². The Bertz CT molecular complexity index is 900. The SMILES string of the molecule is CN=C(NCc1ccc(-n2cncn2)cc1)N1CCC(c2cnn(C)c2)C1.I. The highest BCUT2D eigenvalue weighted by atomic mass is 127. The maximum atomic E-state index is 4.46. The summed E-state index contributed by atoms with van der Waals surface area (Å²) in [5, 5.41) is 11.9. The number of aryl methyl sites for hydroxylation is 1. The Labute approximate surface area is 181 Å². The third-order valence-electron chi connectivity index (χ3n) is 4.97. The molecule has 28 heavy (non-hydrogen) atoms. The van der Waals surface area contributed by atoms with E-state index in [1.165, 1.54) is 17.5 Å². The maximum absolute atomic E-state index is 4.46. The molecule has 1 atom stereocenters. The van der Waals surface area contributed by atoms with Crippen molar-refractivity contribution in [2.45, 2.75) is 18.9 Å². The van der Waals surface area contributed by atoms with Crippen LogP contribution in [0.2, 0.25) is 0 Å². The fourth-order valence-corrected chi connectivity index (χ4v) is 3.50. The van der Waals surface area contributed by atoms with Crippen molar-refractivity contribution in [3.8, 4) is 5.69 Å². The number of nitrogens with one attached hydrogen (secondary N) is 1. The van der Waals surface area contributed by atoms with E-state index < -0.39 is 0 Å². The Balaban J connectivity index is 0.00000225. The van der Waals surface area contributed by atoms with Gasteiger partial charge in [-0.3, -0.25) is 9.67 Å². The van der Waals surface area contributed by atoms with Crippen molar-refractivity contribution >= 4 is 29.9 Å². The molecule has 0 bridgehead atoms. The second kappa shape index (κ2) is 9.18. The Morgan fingerprint density at radius 1 is 1.25 bits per heavy atom. The molecule has 4 rings (SSSR count). The molecule has 1 aromatic carbocycles. The van der Waals surface area contributed by atoms with Gasteiger partial charge in [0, 0.05) is 45.8 Å². The van der Waals surface area contributed by atoms with Crippen LogP contribution in [0.5, 0.6) is 0 Å². The molecule has 9 heteroatoms. The summed E-state index contributed by atoms with van der Waals surface area (Å²) < 4.78 is 3.62. The summed E-state index contributed by atoms with van der Waals surface area (Å²) in [5.74, 6) is 1.46. The van der Waals surface area contributed by atoms with Gasteiger partial charge in [0.2, 0.25) is 0 Å². The van der Waals surface area contributed by atoms with Crippen LogP contribution in [0, 0.1) is 0 Å². The van der Waals surface area contributed by atoms with Gasteiger partial charge in [-0.1, -0.05) is 12.1 Å². The molecule has 8 nitrogen and oxygen atoms in total. The summed E-state index contributed by atoms with van der Waals surface area (Å²) in [5.41, 5.74) is 3.50. The second-order valence-electron chi connectivity index (χ2n) is 6.79. The van der Waals surface area contributed by atoms with Crippen LogP contribution < -0.4 is 5.32 Å². The lowest BCUT2D eigenvalue weighted by Gasteiger charge is -2.21. The normalized spacial score (nSPS) is 16.9. The van der Waals surface area contributed by atoms with E-state index in [9.17, 15) is 0 Å². The number of halogens is 1. The average Bonchev–Trinajstić information content (AvgIpc) is 3.44. The van der Waals surface area contributed by atoms with Gasteiger partial charge in [0.1, 0.15) is 12.7 Å². The Morgan fingerprint density at radius 2 is 2.07 bits per heavy atom. The number of hydrogen-bond donors (Lipinski definition) is 1. The van der Waals surface area contributed by atoms with Gasteiger partial charge in [0.15, 0.2) is 5.96 Å². The first-order valence-corrected chi connectivity index (χ1v) is 9.11. The first-order chi connectivity index (χ1) is 13.2. The second-order valence-corrected chi connectivity index (χ2v) is 6.79. The van der Waals surface area contributed by atoms with Crippen LogP contribution in [-0.2, 0) is 13.6 Å². The Hall–Kier alpha value is -2.43. The van der Waals surface area contributed by atoms with Crippen molar-refractivity contribution in [1.82, 2.24) is 34.8 Å². The Kier molecular flexibility index (Phi) is 6.65. The molecular weight excluding hydrogens is 467 g/mol. The summed E-state index contributed by atoms with van der Waals surface area (Å²) in [6.45, 7) is 2.71. The monoisotopic (exact) mass is 492 g/mol. The van der Waals surface area contributed by atoms with E-state index in [-0.39, 0.29) is 24.0 Å². The van der Waals surface area contributed by atoms with E-state index in [1.807, 2.05) is 37.1 Å². The van der Waals surface area contributed by atoms with Crippen LogP contribution in [0.25, 0.3) is 5.69 Å². The molecule has 1 aliphatic rings. The minimum Gasteiger partial charge on any atom is -0.352 e. The van der Waals surface area contributed by atoms with Gasteiger partial charge in [-0.05, 0) is 29.7 Å². The number of benzene rings is 1. The predicted octanol–water partition coefficient (Wildman–Crippen LogP) is 2.18. The summed E-state index contributed by atoms with van der Waals surface area (Å²) in [7, 11) is 3.80. The van der Waals surface area contributed by atoms with Crippen molar-refractivity contribution in [2.75, 3.05) is 20.1 Å². The molecule has 0 aliphatic carbocycles. The van der Waals surface area contributed by atoms with E-state index in [4.69, 9.17) is 0 Å². The molecule has 1 unspecified atom stereocenters. The number of nitrogens with zero attached hydrogens (tertiary/aromatic N) is 7. The zero-order valence-electron chi connectivity index (χ0n) is 16.1. The molecule has 3 heterocycles. The van der Waals surface area contributed by atoms with Gasteiger partial charge in [0.05, 0.1) is 11.9 Å². The van der Waals surface area contributed by atoms with Crippen LogP contribution in [0.3, 0.4) is 0 Å². The third-order valence-corrected chi connectivity index (χ3v) is 4.97. The van der Waals surface area contributed by atoms with Crippen LogP contribution in [0.4, 0.5) is 0 Å². The summed E-state index contributed by atoms with van der Waals surface area (Å²) in [6.07, 6.45) is 8.44.